The topological polar surface area (TPSA) is 148 Å². The lowest BCUT2D eigenvalue weighted by Gasteiger charge is -2.40. The molecule has 0 unspecified atom stereocenters. The summed E-state index contributed by atoms with van der Waals surface area (Å²) in [4.78, 5) is 42.8. The SMILES string of the molecule is Nc1ncc2ncn(CCOC[P+]([O-])([O-])[O-])c2n1. The van der Waals surface area contributed by atoms with E-state index < -0.39 is 14.3 Å². The summed E-state index contributed by atoms with van der Waals surface area (Å²) in [5.74, 6) is 0.119. The number of hydrogen-bond acceptors (Lipinski definition) is 8. The van der Waals surface area contributed by atoms with Crippen LogP contribution in [0.2, 0.25) is 0 Å². The first kappa shape index (κ1) is 13.1. The van der Waals surface area contributed by atoms with Crippen LogP contribution >= 0.6 is 7.94 Å². The quantitative estimate of drug-likeness (QED) is 0.453. The molecule has 0 amide bonds. The van der Waals surface area contributed by atoms with Crippen molar-refractivity contribution in [3.63, 3.8) is 0 Å². The molecule has 0 fully saturated rings. The van der Waals surface area contributed by atoms with E-state index in [1.165, 1.54) is 12.5 Å². The van der Waals surface area contributed by atoms with Gasteiger partial charge in [0.2, 0.25) is 5.95 Å². The number of hydrogen-bond donors (Lipinski definition) is 1. The minimum absolute atomic E-state index is 0.0594. The largest absolute Gasteiger partial charge is 0.686 e. The Morgan fingerprint density at radius 1 is 1.33 bits per heavy atom. The molecule has 98 valence electrons. The van der Waals surface area contributed by atoms with E-state index in [9.17, 15) is 14.7 Å². The molecule has 2 rings (SSSR count). The summed E-state index contributed by atoms with van der Waals surface area (Å²) in [6, 6.07) is 0. The Morgan fingerprint density at radius 2 is 2.11 bits per heavy atom. The lowest BCUT2D eigenvalue weighted by Crippen LogP contribution is -2.35. The van der Waals surface area contributed by atoms with Crippen LogP contribution in [0.4, 0.5) is 5.95 Å². The first-order valence-corrected chi connectivity index (χ1v) is 6.71. The summed E-state index contributed by atoms with van der Waals surface area (Å²) >= 11 is 0. The van der Waals surface area contributed by atoms with Crippen molar-refractivity contribution in [1.82, 2.24) is 19.5 Å². The van der Waals surface area contributed by atoms with Crippen LogP contribution in [0.3, 0.4) is 0 Å². The third-order valence-corrected chi connectivity index (χ3v) is 2.60. The number of aromatic nitrogens is 4. The standard InChI is InChI=1S/C8H12N5O4P/c9-8-10-3-6-7(12-8)13(4-11-6)1-2-17-5-18(14,15)16/h3-4H,1-2,5H2,(H2,9,10,12)(H2,14,15,16)/p-2. The predicted octanol–water partition coefficient (Wildman–Crippen LogP) is -2.77. The van der Waals surface area contributed by atoms with Crippen LogP contribution in [0.15, 0.2) is 12.5 Å². The van der Waals surface area contributed by atoms with Gasteiger partial charge >= 0.3 is 0 Å². The van der Waals surface area contributed by atoms with Gasteiger partial charge < -0.3 is 29.7 Å². The van der Waals surface area contributed by atoms with Crippen molar-refractivity contribution in [3.8, 4) is 0 Å². The van der Waals surface area contributed by atoms with E-state index in [0.717, 1.165) is 0 Å². The number of nitrogen functional groups attached to an aromatic ring is 1. The van der Waals surface area contributed by atoms with Crippen molar-refractivity contribution in [2.75, 3.05) is 18.7 Å². The highest BCUT2D eigenvalue weighted by molar-refractivity contribution is 7.53. The van der Waals surface area contributed by atoms with Gasteiger partial charge in [-0.25, -0.2) is 9.97 Å². The highest BCUT2D eigenvalue weighted by Gasteiger charge is 2.05. The van der Waals surface area contributed by atoms with Crippen LogP contribution in [0.5, 0.6) is 0 Å². The van der Waals surface area contributed by atoms with Crippen molar-refractivity contribution in [3.05, 3.63) is 12.5 Å². The number of anilines is 1. The molecule has 0 aliphatic carbocycles. The van der Waals surface area contributed by atoms with Crippen molar-refractivity contribution in [2.24, 2.45) is 0 Å². The molecule has 2 aromatic heterocycles. The molecule has 0 bridgehead atoms. The molecular weight excluding hydrogens is 261 g/mol. The van der Waals surface area contributed by atoms with Gasteiger partial charge in [0.25, 0.3) is 0 Å². The fourth-order valence-corrected chi connectivity index (χ4v) is 1.72. The van der Waals surface area contributed by atoms with Gasteiger partial charge in [-0.15, -0.1) is 7.94 Å². The molecule has 18 heavy (non-hydrogen) atoms. The molecule has 0 saturated carbocycles. The zero-order chi connectivity index (χ0) is 13.2. The number of nitrogens with two attached hydrogens (primary N) is 1. The second kappa shape index (κ2) is 5.09. The van der Waals surface area contributed by atoms with Crippen molar-refractivity contribution >= 4 is 25.1 Å². The Kier molecular flexibility index (Phi) is 3.69. The molecule has 2 heterocycles. The fraction of sp³-hybridized carbons (Fsp3) is 0.375. The van der Waals surface area contributed by atoms with Crippen molar-refractivity contribution < 1.29 is 19.4 Å². The van der Waals surface area contributed by atoms with Crippen molar-refractivity contribution in [2.45, 2.75) is 6.54 Å². The van der Waals surface area contributed by atoms with Crippen LogP contribution in [-0.4, -0.2) is 32.5 Å². The number of ether oxygens (including phenoxy) is 1. The fourth-order valence-electron chi connectivity index (χ4n) is 1.37. The first-order chi connectivity index (χ1) is 8.46. The maximum atomic E-state index is 10.3. The van der Waals surface area contributed by atoms with Gasteiger partial charge in [-0.2, -0.15) is 4.98 Å². The average Bonchev–Trinajstić information content (AvgIpc) is 2.66. The summed E-state index contributed by atoms with van der Waals surface area (Å²) in [7, 11) is -4.62. The van der Waals surface area contributed by atoms with Crippen LogP contribution in [0, 0.1) is 0 Å². The van der Waals surface area contributed by atoms with Crippen LogP contribution in [0.1, 0.15) is 0 Å². The van der Waals surface area contributed by atoms with E-state index in [1.54, 1.807) is 4.57 Å². The zero-order valence-electron chi connectivity index (χ0n) is 9.22. The Bertz CT molecular complexity index is 540. The molecule has 0 spiro atoms. The molecule has 0 atom stereocenters. The van der Waals surface area contributed by atoms with E-state index >= 15 is 0 Å². The lowest BCUT2D eigenvalue weighted by molar-refractivity contribution is -0.431. The van der Waals surface area contributed by atoms with Gasteiger partial charge in [0, 0.05) is 6.54 Å². The minimum atomic E-state index is -4.62. The normalized spacial score (nSPS) is 12.2. The molecule has 0 aliphatic heterocycles. The van der Waals surface area contributed by atoms with Crippen LogP contribution in [0.25, 0.3) is 11.2 Å². The molecule has 0 saturated heterocycles. The summed E-state index contributed by atoms with van der Waals surface area (Å²) in [6.07, 6.45) is 2.17. The third kappa shape index (κ3) is 3.31. The van der Waals surface area contributed by atoms with Gasteiger partial charge in [-0.05, 0) is 0 Å². The molecule has 9 nitrogen and oxygen atoms in total. The molecule has 10 heteroatoms. The molecule has 0 aliphatic rings. The van der Waals surface area contributed by atoms with E-state index in [4.69, 9.17) is 10.5 Å². The maximum Gasteiger partial charge on any atom is 0.222 e. The maximum absolute atomic E-state index is 10.3. The molecule has 2 aromatic rings. The molecule has 2 N–H and O–H groups in total. The third-order valence-electron chi connectivity index (χ3n) is 2.10. The summed E-state index contributed by atoms with van der Waals surface area (Å²) in [5.41, 5.74) is 6.55. The molecule has 0 radical (unpaired) electrons. The smallest absolute Gasteiger partial charge is 0.222 e. The van der Waals surface area contributed by atoms with Crippen molar-refractivity contribution in [1.29, 1.82) is 0 Å². The number of fused-ring (bicyclic) bond motifs is 1. The number of nitrogens with zero attached hydrogens (tertiary/aromatic N) is 4. The lowest BCUT2D eigenvalue weighted by atomic mass is 10.5. The van der Waals surface area contributed by atoms with Crippen LogP contribution in [-0.2, 0) is 11.3 Å². The molecular formula is C8H10N5O4P-2. The van der Waals surface area contributed by atoms with Gasteiger partial charge in [0.1, 0.15) is 11.9 Å². The second-order valence-electron chi connectivity index (χ2n) is 3.52. The van der Waals surface area contributed by atoms with Gasteiger partial charge in [0.15, 0.2) is 5.65 Å². The second-order valence-corrected chi connectivity index (χ2v) is 5.00. The highest BCUT2D eigenvalue weighted by atomic mass is 31.2. The van der Waals surface area contributed by atoms with E-state index in [0.29, 0.717) is 17.7 Å². The molecule has 0 aromatic carbocycles. The number of rotatable bonds is 5. The summed E-state index contributed by atoms with van der Waals surface area (Å²) in [5, 5.41) is 0. The van der Waals surface area contributed by atoms with Gasteiger partial charge in [0.05, 0.1) is 19.1 Å². The minimum Gasteiger partial charge on any atom is -0.686 e. The summed E-state index contributed by atoms with van der Waals surface area (Å²) in [6.45, 7) is 0.372. The van der Waals surface area contributed by atoms with Gasteiger partial charge in [-0.3, -0.25) is 0 Å². The first-order valence-electron chi connectivity index (χ1n) is 4.98. The average molecular weight is 271 g/mol. The zero-order valence-corrected chi connectivity index (χ0v) is 10.1. The Balaban J connectivity index is 1.98. The Hall–Kier alpha value is -1.38. The van der Waals surface area contributed by atoms with E-state index in [1.807, 2.05) is 0 Å². The highest BCUT2D eigenvalue weighted by Crippen LogP contribution is 2.26. The summed E-state index contributed by atoms with van der Waals surface area (Å²) < 4.78 is 6.37. The van der Waals surface area contributed by atoms with Crippen LogP contribution < -0.4 is 20.4 Å². The van der Waals surface area contributed by atoms with E-state index in [2.05, 4.69) is 15.0 Å². The Labute approximate surface area is 102 Å². The predicted molar refractivity (Wildman–Crippen MR) is 57.5 cm³/mol. The monoisotopic (exact) mass is 271 g/mol. The number of imidazole rings is 1. The van der Waals surface area contributed by atoms with E-state index in [-0.39, 0.29) is 12.6 Å². The van der Waals surface area contributed by atoms with Gasteiger partial charge in [-0.1, -0.05) is 0 Å². The Morgan fingerprint density at radius 3 is 2.83 bits per heavy atom.